The van der Waals surface area contributed by atoms with E-state index in [1.807, 2.05) is 32.9 Å². The first-order chi connectivity index (χ1) is 10.7. The molecule has 23 heavy (non-hydrogen) atoms. The van der Waals surface area contributed by atoms with Crippen LogP contribution in [0.25, 0.3) is 0 Å². The number of nitrogens with zero attached hydrogens (tertiary/aromatic N) is 1. The lowest BCUT2D eigenvalue weighted by atomic mass is 10.0. The highest BCUT2D eigenvalue weighted by molar-refractivity contribution is 6.30. The summed E-state index contributed by atoms with van der Waals surface area (Å²) in [6, 6.07) is 8.62. The molecule has 1 aromatic rings. The molecule has 1 N–H and O–H groups in total. The Kier molecular flexibility index (Phi) is 5.93. The molecule has 5 heteroatoms. The topological polar surface area (TPSA) is 41.6 Å². The molecule has 0 bridgehead atoms. The third-order valence-electron chi connectivity index (χ3n) is 4.00. The maximum atomic E-state index is 12.1. The molecular formula is C18H27ClN2O2. The number of carbonyl (C=O) groups excluding carboxylic acids is 1. The molecule has 1 aromatic carbocycles. The van der Waals surface area contributed by atoms with Crippen LogP contribution in [-0.2, 0) is 4.74 Å². The fourth-order valence-corrected chi connectivity index (χ4v) is 2.88. The highest BCUT2D eigenvalue weighted by Gasteiger charge is 2.27. The molecule has 4 nitrogen and oxygen atoms in total. The summed E-state index contributed by atoms with van der Waals surface area (Å²) in [5.41, 5.74) is 0.791. The van der Waals surface area contributed by atoms with Gasteiger partial charge in [0.05, 0.1) is 0 Å². The lowest BCUT2D eigenvalue weighted by molar-refractivity contribution is 0.0196. The summed E-state index contributed by atoms with van der Waals surface area (Å²) >= 11 is 5.93. The predicted octanol–water partition coefficient (Wildman–Crippen LogP) is 4.39. The number of nitrogens with one attached hydrogen (secondary N) is 1. The van der Waals surface area contributed by atoms with E-state index in [2.05, 4.69) is 24.4 Å². The fourth-order valence-electron chi connectivity index (χ4n) is 2.76. The predicted molar refractivity (Wildman–Crippen MR) is 93.8 cm³/mol. The van der Waals surface area contributed by atoms with Gasteiger partial charge >= 0.3 is 6.09 Å². The maximum Gasteiger partial charge on any atom is 0.410 e. The molecule has 1 atom stereocenters. The molecule has 1 heterocycles. The summed E-state index contributed by atoms with van der Waals surface area (Å²) in [5.74, 6) is 0. The Morgan fingerprint density at radius 2 is 1.83 bits per heavy atom. The number of hydrogen-bond donors (Lipinski definition) is 1. The summed E-state index contributed by atoms with van der Waals surface area (Å²) in [4.78, 5) is 13.9. The van der Waals surface area contributed by atoms with Crippen molar-refractivity contribution in [3.63, 3.8) is 0 Å². The Hall–Kier alpha value is -1.26. The maximum absolute atomic E-state index is 12.1. The van der Waals surface area contributed by atoms with Crippen LogP contribution in [0.15, 0.2) is 24.3 Å². The average molecular weight is 339 g/mol. The van der Waals surface area contributed by atoms with Crippen molar-refractivity contribution in [3.05, 3.63) is 34.9 Å². The van der Waals surface area contributed by atoms with Crippen molar-refractivity contribution in [1.29, 1.82) is 0 Å². The number of benzene rings is 1. The van der Waals surface area contributed by atoms with E-state index in [1.165, 1.54) is 5.56 Å². The van der Waals surface area contributed by atoms with E-state index in [0.717, 1.165) is 31.0 Å². The normalized spacial score (nSPS) is 17.9. The largest absolute Gasteiger partial charge is 0.444 e. The Labute approximate surface area is 144 Å². The molecule has 0 aliphatic carbocycles. The highest BCUT2D eigenvalue weighted by Crippen LogP contribution is 2.20. The number of carbonyl (C=O) groups is 1. The van der Waals surface area contributed by atoms with E-state index in [9.17, 15) is 4.79 Å². The van der Waals surface area contributed by atoms with E-state index < -0.39 is 5.60 Å². The van der Waals surface area contributed by atoms with Gasteiger partial charge in [-0.2, -0.15) is 0 Å². The summed E-state index contributed by atoms with van der Waals surface area (Å²) in [6.45, 7) is 9.32. The van der Waals surface area contributed by atoms with E-state index in [4.69, 9.17) is 16.3 Å². The third kappa shape index (κ3) is 5.70. The van der Waals surface area contributed by atoms with Gasteiger partial charge in [0.15, 0.2) is 0 Å². The SMILES string of the molecule is C[C@@H](NC1CCN(C(=O)OC(C)(C)C)CC1)c1ccc(Cl)cc1. The van der Waals surface area contributed by atoms with Crippen molar-refractivity contribution in [1.82, 2.24) is 10.2 Å². The second kappa shape index (κ2) is 7.54. The fraction of sp³-hybridized carbons (Fsp3) is 0.611. The van der Waals surface area contributed by atoms with E-state index in [1.54, 1.807) is 4.90 Å². The van der Waals surface area contributed by atoms with E-state index >= 15 is 0 Å². The molecule has 1 saturated heterocycles. The molecule has 0 aromatic heterocycles. The second-order valence-electron chi connectivity index (χ2n) is 7.18. The van der Waals surface area contributed by atoms with Gasteiger partial charge in [0.25, 0.3) is 0 Å². The minimum Gasteiger partial charge on any atom is -0.444 e. The van der Waals surface area contributed by atoms with Crippen molar-refractivity contribution in [2.75, 3.05) is 13.1 Å². The number of halogens is 1. The molecule has 0 radical (unpaired) electrons. The van der Waals surface area contributed by atoms with Gasteiger partial charge in [-0.05, 0) is 58.2 Å². The van der Waals surface area contributed by atoms with Gasteiger partial charge in [-0.3, -0.25) is 0 Å². The van der Waals surface area contributed by atoms with Gasteiger partial charge in [0.2, 0.25) is 0 Å². The Bertz CT molecular complexity index is 517. The summed E-state index contributed by atoms with van der Waals surface area (Å²) < 4.78 is 5.43. The number of hydrogen-bond acceptors (Lipinski definition) is 3. The Balaban J connectivity index is 1.80. The number of piperidine rings is 1. The standard InChI is InChI=1S/C18H27ClN2O2/c1-13(14-5-7-15(19)8-6-14)20-16-9-11-21(12-10-16)17(22)23-18(2,3)4/h5-8,13,16,20H,9-12H2,1-4H3/t13-/m1/s1. The molecule has 1 amide bonds. The van der Waals surface area contributed by atoms with E-state index in [-0.39, 0.29) is 12.1 Å². The number of amides is 1. The van der Waals surface area contributed by atoms with Crippen molar-refractivity contribution in [3.8, 4) is 0 Å². The first-order valence-electron chi connectivity index (χ1n) is 8.24. The number of rotatable bonds is 3. The highest BCUT2D eigenvalue weighted by atomic mass is 35.5. The zero-order chi connectivity index (χ0) is 17.0. The molecule has 1 aliphatic heterocycles. The second-order valence-corrected chi connectivity index (χ2v) is 7.62. The van der Waals surface area contributed by atoms with Crippen molar-refractivity contribution in [2.45, 2.75) is 58.2 Å². The van der Waals surface area contributed by atoms with Crippen molar-refractivity contribution in [2.24, 2.45) is 0 Å². The van der Waals surface area contributed by atoms with Gasteiger partial charge in [0.1, 0.15) is 5.60 Å². The van der Waals surface area contributed by atoms with Crippen LogP contribution in [0.1, 0.15) is 52.1 Å². The van der Waals surface area contributed by atoms with Gasteiger partial charge in [0, 0.05) is 30.2 Å². The Morgan fingerprint density at radius 1 is 1.26 bits per heavy atom. The molecular weight excluding hydrogens is 312 g/mol. The lowest BCUT2D eigenvalue weighted by Crippen LogP contribution is -2.46. The Morgan fingerprint density at radius 3 is 2.35 bits per heavy atom. The molecule has 1 aliphatic rings. The summed E-state index contributed by atoms with van der Waals surface area (Å²) in [6.07, 6.45) is 1.68. The van der Waals surface area contributed by atoms with Gasteiger partial charge < -0.3 is 15.0 Å². The van der Waals surface area contributed by atoms with Gasteiger partial charge in [-0.15, -0.1) is 0 Å². The third-order valence-corrected chi connectivity index (χ3v) is 4.25. The number of ether oxygens (including phenoxy) is 1. The van der Waals surface area contributed by atoms with Crippen LogP contribution >= 0.6 is 11.6 Å². The summed E-state index contributed by atoms with van der Waals surface area (Å²) in [5, 5.41) is 4.40. The molecule has 0 spiro atoms. The lowest BCUT2D eigenvalue weighted by Gasteiger charge is -2.35. The van der Waals surface area contributed by atoms with Crippen LogP contribution in [0.2, 0.25) is 5.02 Å². The first kappa shape index (κ1) is 18.1. The van der Waals surface area contributed by atoms with Gasteiger partial charge in [-0.1, -0.05) is 23.7 Å². The van der Waals surface area contributed by atoms with Crippen LogP contribution in [0, 0.1) is 0 Å². The van der Waals surface area contributed by atoms with Crippen LogP contribution in [0.3, 0.4) is 0 Å². The zero-order valence-electron chi connectivity index (χ0n) is 14.4. The molecule has 0 unspecified atom stereocenters. The van der Waals surface area contributed by atoms with Gasteiger partial charge in [-0.25, -0.2) is 4.79 Å². The quantitative estimate of drug-likeness (QED) is 0.888. The van der Waals surface area contributed by atoms with Crippen LogP contribution in [0.5, 0.6) is 0 Å². The van der Waals surface area contributed by atoms with E-state index in [0.29, 0.717) is 6.04 Å². The summed E-state index contributed by atoms with van der Waals surface area (Å²) in [7, 11) is 0. The molecule has 2 rings (SSSR count). The average Bonchev–Trinajstić information content (AvgIpc) is 2.46. The molecule has 0 saturated carbocycles. The van der Waals surface area contributed by atoms with Crippen LogP contribution < -0.4 is 5.32 Å². The zero-order valence-corrected chi connectivity index (χ0v) is 15.2. The minimum atomic E-state index is -0.435. The smallest absolute Gasteiger partial charge is 0.410 e. The minimum absolute atomic E-state index is 0.207. The van der Waals surface area contributed by atoms with Crippen LogP contribution in [0.4, 0.5) is 4.79 Å². The van der Waals surface area contributed by atoms with Crippen molar-refractivity contribution >= 4 is 17.7 Å². The van der Waals surface area contributed by atoms with Crippen LogP contribution in [-0.4, -0.2) is 35.7 Å². The first-order valence-corrected chi connectivity index (χ1v) is 8.62. The molecule has 128 valence electrons. The number of likely N-dealkylation sites (tertiary alicyclic amines) is 1. The molecule has 1 fully saturated rings. The monoisotopic (exact) mass is 338 g/mol. The van der Waals surface area contributed by atoms with Crippen molar-refractivity contribution < 1.29 is 9.53 Å².